The largest absolute Gasteiger partial charge is 0.307 e. The molecule has 90 valence electrons. The third-order valence-corrected chi connectivity index (χ3v) is 4.46. The molecule has 0 aromatic carbocycles. The Balaban J connectivity index is 2.01. The van der Waals surface area contributed by atoms with Gasteiger partial charge < -0.3 is 5.32 Å². The summed E-state index contributed by atoms with van der Waals surface area (Å²) in [5, 5.41) is 4.91. The molecule has 16 heavy (non-hydrogen) atoms. The van der Waals surface area contributed by atoms with E-state index in [4.69, 9.17) is 4.98 Å². The minimum absolute atomic E-state index is 0.188. The summed E-state index contributed by atoms with van der Waals surface area (Å²) >= 11 is 1.91. The van der Waals surface area contributed by atoms with Gasteiger partial charge in [-0.05, 0) is 40.5 Å². The number of hydrogen-bond donors (Lipinski definition) is 1. The van der Waals surface area contributed by atoms with Crippen LogP contribution < -0.4 is 5.32 Å². The second-order valence-electron chi connectivity index (χ2n) is 5.79. The lowest BCUT2D eigenvalue weighted by Crippen LogP contribution is -2.34. The summed E-state index contributed by atoms with van der Waals surface area (Å²) in [6, 6.07) is 0. The van der Waals surface area contributed by atoms with Gasteiger partial charge in [0.05, 0.1) is 10.7 Å². The van der Waals surface area contributed by atoms with Crippen molar-refractivity contribution in [3.05, 3.63) is 15.6 Å². The van der Waals surface area contributed by atoms with Crippen LogP contribution in [0.4, 0.5) is 0 Å². The van der Waals surface area contributed by atoms with Crippen LogP contribution in [-0.4, -0.2) is 10.5 Å². The van der Waals surface area contributed by atoms with E-state index < -0.39 is 0 Å². The first-order valence-corrected chi connectivity index (χ1v) is 6.98. The molecule has 0 spiro atoms. The molecule has 1 saturated carbocycles. The zero-order chi connectivity index (χ0) is 11.8. The molecule has 1 aromatic rings. The lowest BCUT2D eigenvalue weighted by molar-refractivity contribution is 0.418. The summed E-state index contributed by atoms with van der Waals surface area (Å²) in [6.07, 6.45) is 4.08. The van der Waals surface area contributed by atoms with Crippen LogP contribution in [0.2, 0.25) is 0 Å². The molecule has 1 aliphatic rings. The molecule has 1 fully saturated rings. The van der Waals surface area contributed by atoms with Crippen molar-refractivity contribution in [2.45, 2.75) is 65.0 Å². The van der Waals surface area contributed by atoms with Crippen molar-refractivity contribution in [3.8, 4) is 0 Å². The van der Waals surface area contributed by atoms with Crippen LogP contribution in [0.25, 0.3) is 0 Å². The van der Waals surface area contributed by atoms with E-state index in [1.165, 1.54) is 34.8 Å². The first kappa shape index (κ1) is 12.1. The van der Waals surface area contributed by atoms with Crippen LogP contribution in [0.1, 0.15) is 61.5 Å². The van der Waals surface area contributed by atoms with Crippen molar-refractivity contribution in [3.63, 3.8) is 0 Å². The van der Waals surface area contributed by atoms with Crippen molar-refractivity contribution in [2.75, 3.05) is 0 Å². The predicted molar refractivity (Wildman–Crippen MR) is 70.0 cm³/mol. The van der Waals surface area contributed by atoms with Gasteiger partial charge in [0, 0.05) is 22.9 Å². The van der Waals surface area contributed by atoms with Crippen molar-refractivity contribution >= 4 is 11.3 Å². The number of nitrogens with zero attached hydrogens (tertiary/aromatic N) is 1. The van der Waals surface area contributed by atoms with Gasteiger partial charge in [-0.3, -0.25) is 0 Å². The SMILES string of the molecule is Cc1nc(C2CCC2)sc1CNC(C)(C)C. The quantitative estimate of drug-likeness (QED) is 0.870. The Morgan fingerprint density at radius 1 is 1.38 bits per heavy atom. The van der Waals surface area contributed by atoms with E-state index in [2.05, 4.69) is 33.0 Å². The highest BCUT2D eigenvalue weighted by atomic mass is 32.1. The maximum Gasteiger partial charge on any atom is 0.0962 e. The van der Waals surface area contributed by atoms with Crippen molar-refractivity contribution < 1.29 is 0 Å². The third-order valence-electron chi connectivity index (χ3n) is 3.14. The van der Waals surface area contributed by atoms with Crippen molar-refractivity contribution in [1.82, 2.24) is 10.3 Å². The zero-order valence-electron chi connectivity index (χ0n) is 10.8. The second kappa shape index (κ2) is 4.46. The van der Waals surface area contributed by atoms with Gasteiger partial charge in [0.15, 0.2) is 0 Å². The normalized spacial score (nSPS) is 17.5. The number of aromatic nitrogens is 1. The second-order valence-corrected chi connectivity index (χ2v) is 6.91. The van der Waals surface area contributed by atoms with E-state index in [0.29, 0.717) is 0 Å². The zero-order valence-corrected chi connectivity index (χ0v) is 11.6. The van der Waals surface area contributed by atoms with Crippen LogP contribution in [-0.2, 0) is 6.54 Å². The maximum absolute atomic E-state index is 4.71. The summed E-state index contributed by atoms with van der Waals surface area (Å²) in [7, 11) is 0. The molecule has 0 amide bonds. The number of aryl methyl sites for hydroxylation is 1. The molecule has 0 aliphatic heterocycles. The highest BCUT2D eigenvalue weighted by molar-refractivity contribution is 7.11. The molecule has 2 rings (SSSR count). The van der Waals surface area contributed by atoms with Crippen LogP contribution in [0.5, 0.6) is 0 Å². The molecule has 0 radical (unpaired) electrons. The van der Waals surface area contributed by atoms with Crippen LogP contribution in [0.15, 0.2) is 0 Å². The van der Waals surface area contributed by atoms with E-state index in [1.54, 1.807) is 0 Å². The van der Waals surface area contributed by atoms with Gasteiger partial charge in [-0.25, -0.2) is 4.98 Å². The highest BCUT2D eigenvalue weighted by Gasteiger charge is 2.23. The predicted octanol–water partition coefficient (Wildman–Crippen LogP) is 3.61. The first-order chi connectivity index (χ1) is 7.46. The fourth-order valence-corrected chi connectivity index (χ4v) is 2.96. The average Bonchev–Trinajstić information content (AvgIpc) is 2.39. The van der Waals surface area contributed by atoms with Crippen molar-refractivity contribution in [1.29, 1.82) is 0 Å². The van der Waals surface area contributed by atoms with E-state index >= 15 is 0 Å². The molecule has 3 heteroatoms. The van der Waals surface area contributed by atoms with Gasteiger partial charge in [-0.1, -0.05) is 6.42 Å². The number of hydrogen-bond acceptors (Lipinski definition) is 3. The first-order valence-electron chi connectivity index (χ1n) is 6.17. The summed E-state index contributed by atoms with van der Waals surface area (Å²) < 4.78 is 0. The molecule has 0 unspecified atom stereocenters. The summed E-state index contributed by atoms with van der Waals surface area (Å²) in [6.45, 7) is 9.71. The van der Waals surface area contributed by atoms with Gasteiger partial charge in [0.25, 0.3) is 0 Å². The summed E-state index contributed by atoms with van der Waals surface area (Å²) in [4.78, 5) is 6.13. The van der Waals surface area contributed by atoms with Crippen molar-refractivity contribution in [2.24, 2.45) is 0 Å². The Kier molecular flexibility index (Phi) is 3.36. The van der Waals surface area contributed by atoms with E-state index in [1.807, 2.05) is 11.3 Å². The Bertz CT molecular complexity index is 358. The molecule has 1 N–H and O–H groups in total. The fourth-order valence-electron chi connectivity index (χ4n) is 1.79. The van der Waals surface area contributed by atoms with Gasteiger partial charge in [0.1, 0.15) is 0 Å². The smallest absolute Gasteiger partial charge is 0.0962 e. The average molecular weight is 238 g/mol. The summed E-state index contributed by atoms with van der Waals surface area (Å²) in [5.41, 5.74) is 1.41. The monoisotopic (exact) mass is 238 g/mol. The third kappa shape index (κ3) is 2.83. The molecule has 1 aromatic heterocycles. The van der Waals surface area contributed by atoms with E-state index in [-0.39, 0.29) is 5.54 Å². The Hall–Kier alpha value is -0.410. The minimum atomic E-state index is 0.188. The van der Waals surface area contributed by atoms with E-state index in [0.717, 1.165) is 12.5 Å². The van der Waals surface area contributed by atoms with Crippen LogP contribution >= 0.6 is 11.3 Å². The molecule has 2 nitrogen and oxygen atoms in total. The molecule has 0 bridgehead atoms. The lowest BCUT2D eigenvalue weighted by Gasteiger charge is -2.22. The van der Waals surface area contributed by atoms with Gasteiger partial charge >= 0.3 is 0 Å². The van der Waals surface area contributed by atoms with E-state index in [9.17, 15) is 0 Å². The number of thiazole rings is 1. The maximum atomic E-state index is 4.71. The molecule has 0 atom stereocenters. The minimum Gasteiger partial charge on any atom is -0.307 e. The number of nitrogens with one attached hydrogen (secondary N) is 1. The highest BCUT2D eigenvalue weighted by Crippen LogP contribution is 2.39. The Labute approximate surface area is 102 Å². The topological polar surface area (TPSA) is 24.9 Å². The summed E-state index contributed by atoms with van der Waals surface area (Å²) in [5.74, 6) is 0.770. The Morgan fingerprint density at radius 3 is 2.56 bits per heavy atom. The fraction of sp³-hybridized carbons (Fsp3) is 0.769. The number of rotatable bonds is 3. The molecule has 0 saturated heterocycles. The molecule has 1 aliphatic carbocycles. The molecular formula is C13H22N2S. The standard InChI is InChI=1S/C13H22N2S/c1-9-11(8-14-13(2,3)4)16-12(15-9)10-6-5-7-10/h10,14H,5-8H2,1-4H3. The van der Waals surface area contributed by atoms with Crippen LogP contribution in [0.3, 0.4) is 0 Å². The van der Waals surface area contributed by atoms with Gasteiger partial charge in [-0.2, -0.15) is 0 Å². The van der Waals surface area contributed by atoms with Gasteiger partial charge in [0.2, 0.25) is 0 Å². The van der Waals surface area contributed by atoms with Crippen LogP contribution in [0, 0.1) is 6.92 Å². The molecular weight excluding hydrogens is 216 g/mol. The Morgan fingerprint density at radius 2 is 2.06 bits per heavy atom. The lowest BCUT2D eigenvalue weighted by atomic mass is 9.86. The molecule has 1 heterocycles. The van der Waals surface area contributed by atoms with Gasteiger partial charge in [-0.15, -0.1) is 11.3 Å².